The Kier molecular flexibility index (Phi) is 7.90. The van der Waals surface area contributed by atoms with Crippen LogP contribution in [-0.2, 0) is 0 Å². The highest BCUT2D eigenvalue weighted by atomic mass is 19.1. The molecule has 0 unspecified atom stereocenters. The van der Waals surface area contributed by atoms with Crippen LogP contribution in [0.5, 0.6) is 11.5 Å². The standard InChI is InChI=1S/C34H38FN3O4/c1-22-23(2)31(42-19-7-16-38-33(39)27-9-4-5-10-28(27)34(38)40)15-13-26(22)30-11-6-8-25-21-36(17-18-37(25)30)24-12-14-29(35)32(20-24)41-3/h4-5,9-10,12-15,20,25,30H,6-8,11,16-19,21H2,1-3H3/t25-,30+/m0/s1. The topological polar surface area (TPSA) is 62.3 Å². The maximum atomic E-state index is 14.0. The van der Waals surface area contributed by atoms with Gasteiger partial charge in [-0.2, -0.15) is 0 Å². The molecule has 0 saturated carbocycles. The average Bonchev–Trinajstić information content (AvgIpc) is 3.26. The molecule has 2 fully saturated rings. The van der Waals surface area contributed by atoms with Crippen molar-refractivity contribution >= 4 is 17.5 Å². The van der Waals surface area contributed by atoms with E-state index in [0.717, 1.165) is 49.5 Å². The van der Waals surface area contributed by atoms with E-state index in [4.69, 9.17) is 9.47 Å². The van der Waals surface area contributed by atoms with Crippen LogP contribution in [0.3, 0.4) is 0 Å². The molecule has 0 spiro atoms. The normalized spacial score (nSPS) is 20.5. The fourth-order valence-electron chi connectivity index (χ4n) is 6.84. The molecule has 0 radical (unpaired) electrons. The van der Waals surface area contributed by atoms with Crippen molar-refractivity contribution in [2.45, 2.75) is 51.6 Å². The second-order valence-electron chi connectivity index (χ2n) is 11.5. The van der Waals surface area contributed by atoms with Gasteiger partial charge in [-0.3, -0.25) is 19.4 Å². The maximum Gasteiger partial charge on any atom is 0.261 e. The molecule has 2 amide bonds. The summed E-state index contributed by atoms with van der Waals surface area (Å²) in [7, 11) is 1.50. The van der Waals surface area contributed by atoms with E-state index in [1.807, 2.05) is 6.07 Å². The zero-order chi connectivity index (χ0) is 29.4. The lowest BCUT2D eigenvalue weighted by Crippen LogP contribution is -2.56. The molecule has 6 rings (SSSR count). The molecule has 2 saturated heterocycles. The van der Waals surface area contributed by atoms with Crippen molar-refractivity contribution in [2.75, 3.05) is 44.8 Å². The van der Waals surface area contributed by atoms with Gasteiger partial charge in [-0.05, 0) is 86.6 Å². The number of halogens is 1. The van der Waals surface area contributed by atoms with E-state index in [2.05, 4.69) is 35.8 Å². The number of benzene rings is 3. The number of carbonyl (C=O) groups excluding carboxylic acids is 2. The summed E-state index contributed by atoms with van der Waals surface area (Å²) in [5.41, 5.74) is 5.70. The number of fused-ring (bicyclic) bond motifs is 2. The summed E-state index contributed by atoms with van der Waals surface area (Å²) in [6, 6.07) is 17.2. The van der Waals surface area contributed by atoms with Crippen LogP contribution in [0.4, 0.5) is 10.1 Å². The van der Waals surface area contributed by atoms with Gasteiger partial charge < -0.3 is 14.4 Å². The molecule has 7 nitrogen and oxygen atoms in total. The lowest BCUT2D eigenvalue weighted by atomic mass is 9.86. The predicted molar refractivity (Wildman–Crippen MR) is 160 cm³/mol. The number of nitrogens with zero attached hydrogens (tertiary/aromatic N) is 3. The number of rotatable bonds is 8. The second-order valence-corrected chi connectivity index (χ2v) is 11.5. The van der Waals surface area contributed by atoms with E-state index >= 15 is 0 Å². The number of hydrogen-bond acceptors (Lipinski definition) is 6. The third-order valence-corrected chi connectivity index (χ3v) is 9.24. The van der Waals surface area contributed by atoms with E-state index in [9.17, 15) is 14.0 Å². The monoisotopic (exact) mass is 571 g/mol. The van der Waals surface area contributed by atoms with Crippen LogP contribution in [0, 0.1) is 19.7 Å². The Morgan fingerprint density at radius 2 is 1.67 bits per heavy atom. The van der Waals surface area contributed by atoms with E-state index in [0.29, 0.717) is 42.8 Å². The molecule has 2 atom stereocenters. The van der Waals surface area contributed by atoms with Gasteiger partial charge in [0.1, 0.15) is 5.75 Å². The fourth-order valence-corrected chi connectivity index (χ4v) is 6.84. The van der Waals surface area contributed by atoms with Crippen LogP contribution in [0.25, 0.3) is 0 Å². The minimum absolute atomic E-state index is 0.226. The summed E-state index contributed by atoms with van der Waals surface area (Å²) in [6.45, 7) is 7.80. The van der Waals surface area contributed by atoms with Gasteiger partial charge in [0.05, 0.1) is 24.8 Å². The van der Waals surface area contributed by atoms with Crippen molar-refractivity contribution in [3.8, 4) is 11.5 Å². The highest BCUT2D eigenvalue weighted by Gasteiger charge is 2.37. The summed E-state index contributed by atoms with van der Waals surface area (Å²) in [5.74, 6) is 0.347. The number of piperazine rings is 1. The zero-order valence-electron chi connectivity index (χ0n) is 24.6. The van der Waals surface area contributed by atoms with Crippen molar-refractivity contribution in [3.05, 3.63) is 88.2 Å². The SMILES string of the molecule is COc1cc(N2CCN3[C@@H](CCC[C@@H]3c3ccc(OCCCN4C(=O)c5ccccc5C4=O)c(C)c3C)C2)ccc1F. The highest BCUT2D eigenvalue weighted by Crippen LogP contribution is 2.40. The number of anilines is 1. The number of imide groups is 1. The number of methoxy groups -OCH3 is 1. The molecule has 3 aliphatic heterocycles. The molecule has 3 heterocycles. The van der Waals surface area contributed by atoms with E-state index in [1.54, 1.807) is 30.3 Å². The Labute approximate surface area is 246 Å². The first-order valence-corrected chi connectivity index (χ1v) is 14.9. The minimum atomic E-state index is -0.335. The van der Waals surface area contributed by atoms with Crippen LogP contribution in [-0.4, -0.2) is 67.6 Å². The zero-order valence-corrected chi connectivity index (χ0v) is 24.6. The maximum absolute atomic E-state index is 14.0. The Hall–Kier alpha value is -3.91. The quantitative estimate of drug-likeness (QED) is 0.247. The lowest BCUT2D eigenvalue weighted by Gasteiger charge is -2.49. The summed E-state index contributed by atoms with van der Waals surface area (Å²) in [6.07, 6.45) is 4.01. The number of ether oxygens (including phenoxy) is 2. The van der Waals surface area contributed by atoms with Crippen molar-refractivity contribution in [3.63, 3.8) is 0 Å². The van der Waals surface area contributed by atoms with Gasteiger partial charge in [-0.15, -0.1) is 0 Å². The van der Waals surface area contributed by atoms with Gasteiger partial charge in [-0.25, -0.2) is 4.39 Å². The van der Waals surface area contributed by atoms with Crippen LogP contribution in [0.15, 0.2) is 54.6 Å². The Morgan fingerprint density at radius 1 is 0.905 bits per heavy atom. The summed E-state index contributed by atoms with van der Waals surface area (Å²) in [4.78, 5) is 31.6. The first kappa shape index (κ1) is 28.2. The Balaban J connectivity index is 1.08. The first-order chi connectivity index (χ1) is 20.4. The Morgan fingerprint density at radius 3 is 2.40 bits per heavy atom. The number of piperidine rings is 1. The minimum Gasteiger partial charge on any atom is -0.494 e. The van der Waals surface area contributed by atoms with Crippen LogP contribution >= 0.6 is 0 Å². The molecule has 8 heteroatoms. The van der Waals surface area contributed by atoms with Gasteiger partial charge >= 0.3 is 0 Å². The molecular formula is C34H38FN3O4. The Bertz CT molecular complexity index is 1470. The summed E-state index contributed by atoms with van der Waals surface area (Å²) < 4.78 is 25.4. The predicted octanol–water partition coefficient (Wildman–Crippen LogP) is 5.93. The number of carbonyl (C=O) groups is 2. The molecule has 220 valence electrons. The molecule has 42 heavy (non-hydrogen) atoms. The molecular weight excluding hydrogens is 533 g/mol. The fraction of sp³-hybridized carbons (Fsp3) is 0.412. The molecule has 3 aliphatic rings. The second kappa shape index (κ2) is 11.8. The van der Waals surface area contributed by atoms with E-state index in [1.165, 1.54) is 35.6 Å². The molecule has 0 aromatic heterocycles. The van der Waals surface area contributed by atoms with Gasteiger partial charge in [0.15, 0.2) is 11.6 Å². The first-order valence-electron chi connectivity index (χ1n) is 14.9. The molecule has 0 aliphatic carbocycles. The van der Waals surface area contributed by atoms with Crippen molar-refractivity contribution < 1.29 is 23.5 Å². The van der Waals surface area contributed by atoms with Gasteiger partial charge in [0.2, 0.25) is 0 Å². The molecule has 0 N–H and O–H groups in total. The lowest BCUT2D eigenvalue weighted by molar-refractivity contribution is 0.0646. The van der Waals surface area contributed by atoms with Crippen molar-refractivity contribution in [2.24, 2.45) is 0 Å². The largest absolute Gasteiger partial charge is 0.494 e. The molecule has 3 aromatic rings. The highest BCUT2D eigenvalue weighted by molar-refractivity contribution is 6.21. The van der Waals surface area contributed by atoms with Crippen LogP contribution < -0.4 is 14.4 Å². The average molecular weight is 572 g/mol. The molecule has 3 aromatic carbocycles. The third kappa shape index (κ3) is 5.13. The number of hydrogen-bond donors (Lipinski definition) is 0. The van der Waals surface area contributed by atoms with Gasteiger partial charge in [0.25, 0.3) is 11.8 Å². The van der Waals surface area contributed by atoms with E-state index in [-0.39, 0.29) is 23.4 Å². The van der Waals surface area contributed by atoms with Gasteiger partial charge in [0, 0.05) is 50.0 Å². The smallest absolute Gasteiger partial charge is 0.261 e. The summed E-state index contributed by atoms with van der Waals surface area (Å²) >= 11 is 0. The molecule has 0 bridgehead atoms. The number of amides is 2. The van der Waals surface area contributed by atoms with Crippen LogP contribution in [0.1, 0.15) is 69.1 Å². The van der Waals surface area contributed by atoms with Crippen LogP contribution in [0.2, 0.25) is 0 Å². The van der Waals surface area contributed by atoms with Crippen molar-refractivity contribution in [1.29, 1.82) is 0 Å². The van der Waals surface area contributed by atoms with Gasteiger partial charge in [-0.1, -0.05) is 18.2 Å². The van der Waals surface area contributed by atoms with E-state index < -0.39 is 0 Å². The summed E-state index contributed by atoms with van der Waals surface area (Å²) in [5, 5.41) is 0. The van der Waals surface area contributed by atoms with Crippen molar-refractivity contribution in [1.82, 2.24) is 9.80 Å². The third-order valence-electron chi connectivity index (χ3n) is 9.24.